The van der Waals surface area contributed by atoms with Gasteiger partial charge < -0.3 is 20.3 Å². The fraction of sp³-hybridized carbons (Fsp3) is 0.348. The van der Waals surface area contributed by atoms with Gasteiger partial charge in [-0.1, -0.05) is 0 Å². The van der Waals surface area contributed by atoms with Crippen LogP contribution in [0.25, 0.3) is 0 Å². The number of carbonyl (C=O) groups is 3. The van der Waals surface area contributed by atoms with Crippen molar-refractivity contribution in [3.05, 3.63) is 42.0 Å². The van der Waals surface area contributed by atoms with E-state index in [2.05, 4.69) is 10.6 Å². The summed E-state index contributed by atoms with van der Waals surface area (Å²) in [7, 11) is 1.48. The summed E-state index contributed by atoms with van der Waals surface area (Å²) >= 11 is 0. The molecule has 34 heavy (non-hydrogen) atoms. The number of nitrogens with one attached hydrogen (secondary N) is 2. The van der Waals surface area contributed by atoms with E-state index in [4.69, 9.17) is 4.74 Å². The van der Waals surface area contributed by atoms with E-state index in [1.54, 1.807) is 30.0 Å². The number of hydrogen-bond acceptors (Lipinski definition) is 5. The van der Waals surface area contributed by atoms with E-state index in [1.807, 2.05) is 0 Å². The Hall–Kier alpha value is -3.76. The van der Waals surface area contributed by atoms with E-state index in [1.165, 1.54) is 13.2 Å². The molecule has 3 amide bonds. The van der Waals surface area contributed by atoms with Crippen LogP contribution in [0, 0.1) is 0 Å². The molecule has 0 spiro atoms. The number of methoxy groups -OCH3 is 1. The maximum atomic E-state index is 13.1. The number of amides is 3. The van der Waals surface area contributed by atoms with Gasteiger partial charge >= 0.3 is 6.18 Å². The molecule has 0 bridgehead atoms. The zero-order chi connectivity index (χ0) is 24.6. The Balaban J connectivity index is 1.54. The third-order valence-electron chi connectivity index (χ3n) is 5.75. The van der Waals surface area contributed by atoms with Crippen LogP contribution in [-0.4, -0.2) is 44.0 Å². The van der Waals surface area contributed by atoms with E-state index in [0.29, 0.717) is 30.1 Å². The Bertz CT molecular complexity index is 1150. The second kappa shape index (κ2) is 8.88. The Labute approximate surface area is 193 Å². The minimum Gasteiger partial charge on any atom is -0.494 e. The maximum absolute atomic E-state index is 13.1. The van der Waals surface area contributed by atoms with Crippen LogP contribution in [0.4, 0.5) is 35.9 Å². The summed E-state index contributed by atoms with van der Waals surface area (Å²) in [6, 6.07) is 7.14. The molecule has 2 N–H and O–H groups in total. The van der Waals surface area contributed by atoms with Crippen molar-refractivity contribution in [1.82, 2.24) is 0 Å². The number of rotatable bonds is 5. The molecule has 8 nitrogen and oxygen atoms in total. The predicted molar refractivity (Wildman–Crippen MR) is 120 cm³/mol. The van der Waals surface area contributed by atoms with E-state index in [0.717, 1.165) is 23.5 Å². The normalized spacial score (nSPS) is 16.7. The van der Waals surface area contributed by atoms with Crippen LogP contribution in [0.15, 0.2) is 36.4 Å². The average molecular weight is 476 g/mol. The summed E-state index contributed by atoms with van der Waals surface area (Å²) in [5, 5.41) is 5.43. The average Bonchev–Trinajstić information content (AvgIpc) is 3.22. The first-order chi connectivity index (χ1) is 16.1. The zero-order valence-corrected chi connectivity index (χ0v) is 18.5. The topological polar surface area (TPSA) is 91.0 Å². The monoisotopic (exact) mass is 476 g/mol. The minimum absolute atomic E-state index is 0.0123. The molecule has 0 radical (unpaired) electrons. The molecular formula is C23H23F3N4O4. The summed E-state index contributed by atoms with van der Waals surface area (Å²) in [6.07, 6.45) is -3.33. The number of carbonyl (C=O) groups excluding carboxylic acids is 3. The van der Waals surface area contributed by atoms with Gasteiger partial charge in [0, 0.05) is 24.7 Å². The Morgan fingerprint density at radius 3 is 2.53 bits per heavy atom. The van der Waals surface area contributed by atoms with Gasteiger partial charge in [-0.25, -0.2) is 0 Å². The van der Waals surface area contributed by atoms with Gasteiger partial charge in [0.1, 0.15) is 18.3 Å². The third kappa shape index (κ3) is 4.50. The molecule has 2 aliphatic heterocycles. The Morgan fingerprint density at radius 2 is 1.88 bits per heavy atom. The molecular weight excluding hydrogens is 453 g/mol. The standard InChI is InChI=1S/C23H23F3N4O4/c1-13(27-15-6-8-18(19(11-15)34-2)29-9-3-4-21(29)32)22(33)30-12-20(31)28-16-10-14(23(24,25)26)5-7-17(16)30/h5-8,10-11,13,27H,3-4,9,12H2,1-2H3,(H,28,31). The van der Waals surface area contributed by atoms with Crippen molar-refractivity contribution < 1.29 is 32.3 Å². The van der Waals surface area contributed by atoms with Gasteiger partial charge in [0.05, 0.1) is 29.7 Å². The van der Waals surface area contributed by atoms with Crippen molar-refractivity contribution >= 4 is 40.5 Å². The number of benzene rings is 2. The molecule has 1 fully saturated rings. The lowest BCUT2D eigenvalue weighted by Crippen LogP contribution is -2.48. The molecule has 0 aromatic heterocycles. The molecule has 1 unspecified atom stereocenters. The van der Waals surface area contributed by atoms with Crippen LogP contribution in [0.1, 0.15) is 25.3 Å². The molecule has 11 heteroatoms. The minimum atomic E-state index is -4.58. The fourth-order valence-electron chi connectivity index (χ4n) is 4.10. The molecule has 1 saturated heterocycles. The summed E-state index contributed by atoms with van der Waals surface area (Å²) in [5.41, 5.74) is 0.370. The number of fused-ring (bicyclic) bond motifs is 1. The molecule has 2 aliphatic rings. The summed E-state index contributed by atoms with van der Waals surface area (Å²) < 4.78 is 44.6. The highest BCUT2D eigenvalue weighted by Gasteiger charge is 2.35. The smallest absolute Gasteiger partial charge is 0.416 e. The van der Waals surface area contributed by atoms with Gasteiger partial charge in [-0.2, -0.15) is 13.2 Å². The van der Waals surface area contributed by atoms with Gasteiger partial charge in [-0.15, -0.1) is 0 Å². The van der Waals surface area contributed by atoms with Crippen LogP contribution in [0.5, 0.6) is 5.75 Å². The maximum Gasteiger partial charge on any atom is 0.416 e. The van der Waals surface area contributed by atoms with Crippen LogP contribution < -0.4 is 25.2 Å². The van der Waals surface area contributed by atoms with Crippen LogP contribution in [0.2, 0.25) is 0 Å². The van der Waals surface area contributed by atoms with E-state index in [-0.39, 0.29) is 23.8 Å². The Kier molecular flexibility index (Phi) is 6.11. The molecule has 1 atom stereocenters. The van der Waals surface area contributed by atoms with Gasteiger partial charge in [0.2, 0.25) is 17.7 Å². The number of nitrogens with zero attached hydrogens (tertiary/aromatic N) is 2. The molecule has 2 aromatic rings. The molecule has 4 rings (SSSR count). The quantitative estimate of drug-likeness (QED) is 0.688. The first kappa shape index (κ1) is 23.4. The second-order valence-electron chi connectivity index (χ2n) is 8.10. The van der Waals surface area contributed by atoms with Gasteiger partial charge in [0.25, 0.3) is 0 Å². The van der Waals surface area contributed by atoms with E-state index >= 15 is 0 Å². The van der Waals surface area contributed by atoms with Crippen LogP contribution >= 0.6 is 0 Å². The van der Waals surface area contributed by atoms with Crippen molar-refractivity contribution in [3.8, 4) is 5.75 Å². The van der Waals surface area contributed by atoms with E-state index in [9.17, 15) is 27.6 Å². The first-order valence-corrected chi connectivity index (χ1v) is 10.7. The molecule has 180 valence electrons. The van der Waals surface area contributed by atoms with Gasteiger partial charge in [-0.05, 0) is 43.7 Å². The molecule has 2 heterocycles. The lowest BCUT2D eigenvalue weighted by molar-refractivity contribution is -0.137. The molecule has 2 aromatic carbocycles. The van der Waals surface area contributed by atoms with Crippen molar-refractivity contribution in [1.29, 1.82) is 0 Å². The Morgan fingerprint density at radius 1 is 1.15 bits per heavy atom. The fourth-order valence-corrected chi connectivity index (χ4v) is 4.10. The van der Waals surface area contributed by atoms with E-state index < -0.39 is 29.6 Å². The van der Waals surface area contributed by atoms with Crippen molar-refractivity contribution in [2.24, 2.45) is 0 Å². The largest absolute Gasteiger partial charge is 0.494 e. The van der Waals surface area contributed by atoms with Crippen LogP contribution in [0.3, 0.4) is 0 Å². The summed E-state index contributed by atoms with van der Waals surface area (Å²) in [4.78, 5) is 40.1. The number of ether oxygens (including phenoxy) is 1. The number of anilines is 4. The van der Waals surface area contributed by atoms with Gasteiger partial charge in [0.15, 0.2) is 0 Å². The number of alkyl halides is 3. The first-order valence-electron chi connectivity index (χ1n) is 10.7. The molecule has 0 saturated carbocycles. The summed E-state index contributed by atoms with van der Waals surface area (Å²) in [6.45, 7) is 1.87. The molecule has 0 aliphatic carbocycles. The summed E-state index contributed by atoms with van der Waals surface area (Å²) in [5.74, 6) is -0.608. The number of halogens is 3. The lowest BCUT2D eigenvalue weighted by Gasteiger charge is -2.32. The van der Waals surface area contributed by atoms with Gasteiger partial charge in [-0.3, -0.25) is 19.3 Å². The lowest BCUT2D eigenvalue weighted by atomic mass is 10.1. The van der Waals surface area contributed by atoms with Crippen molar-refractivity contribution in [3.63, 3.8) is 0 Å². The SMILES string of the molecule is COc1cc(NC(C)C(=O)N2CC(=O)Nc3cc(C(F)(F)F)ccc32)ccc1N1CCCC1=O. The van der Waals surface area contributed by atoms with Crippen LogP contribution in [-0.2, 0) is 20.6 Å². The van der Waals surface area contributed by atoms with Crippen molar-refractivity contribution in [2.75, 3.05) is 40.6 Å². The highest BCUT2D eigenvalue weighted by Crippen LogP contribution is 2.38. The highest BCUT2D eigenvalue weighted by molar-refractivity contribution is 6.11. The predicted octanol–water partition coefficient (Wildman–Crippen LogP) is 3.63. The zero-order valence-electron chi connectivity index (χ0n) is 18.5. The second-order valence-corrected chi connectivity index (χ2v) is 8.10. The third-order valence-corrected chi connectivity index (χ3v) is 5.75. The van der Waals surface area contributed by atoms with Crippen molar-refractivity contribution in [2.45, 2.75) is 32.0 Å². The number of hydrogen-bond donors (Lipinski definition) is 2. The highest BCUT2D eigenvalue weighted by atomic mass is 19.4.